The second-order valence-electron chi connectivity index (χ2n) is 8.77. The molecular formula is C21H30N2O. The van der Waals surface area contributed by atoms with E-state index in [1.54, 1.807) is 7.05 Å². The predicted octanol–water partition coefficient (Wildman–Crippen LogP) is 4.94. The van der Waals surface area contributed by atoms with Crippen LogP contribution in [0.25, 0.3) is 10.9 Å². The van der Waals surface area contributed by atoms with Crippen molar-refractivity contribution in [1.82, 2.24) is 10.3 Å². The third kappa shape index (κ3) is 2.81. The van der Waals surface area contributed by atoms with Crippen molar-refractivity contribution < 1.29 is 4.79 Å². The molecule has 130 valence electrons. The molecule has 1 heterocycles. The molecule has 1 N–H and O–H groups in total. The molecule has 2 rings (SSSR count). The van der Waals surface area contributed by atoms with Crippen LogP contribution in [0.5, 0.6) is 0 Å². The molecule has 0 unspecified atom stereocenters. The lowest BCUT2D eigenvalue weighted by atomic mass is 9.53. The van der Waals surface area contributed by atoms with Gasteiger partial charge in [-0.3, -0.25) is 9.78 Å². The second kappa shape index (κ2) is 5.87. The van der Waals surface area contributed by atoms with Gasteiger partial charge in [0.05, 0.1) is 5.52 Å². The Balaban J connectivity index is 2.73. The largest absolute Gasteiger partial charge is 0.355 e. The Morgan fingerprint density at radius 2 is 1.50 bits per heavy atom. The third-order valence-corrected chi connectivity index (χ3v) is 5.72. The fraction of sp³-hybridized carbons (Fsp3) is 0.524. The monoisotopic (exact) mass is 326 g/mol. The Morgan fingerprint density at radius 3 is 2.00 bits per heavy atom. The zero-order chi connectivity index (χ0) is 18.3. The highest BCUT2D eigenvalue weighted by atomic mass is 16.1. The molecule has 0 aliphatic rings. The Bertz CT molecular complexity index is 749. The molecule has 0 spiro atoms. The van der Waals surface area contributed by atoms with Crippen molar-refractivity contribution >= 4 is 16.8 Å². The molecule has 0 aliphatic carbocycles. The van der Waals surface area contributed by atoms with Crippen molar-refractivity contribution in [1.29, 1.82) is 0 Å². The lowest BCUT2D eigenvalue weighted by molar-refractivity contribution is 0.0656. The number of pyridine rings is 1. The summed E-state index contributed by atoms with van der Waals surface area (Å²) >= 11 is 0. The van der Waals surface area contributed by atoms with E-state index in [9.17, 15) is 4.79 Å². The summed E-state index contributed by atoms with van der Waals surface area (Å²) in [6, 6.07) is 9.85. The summed E-state index contributed by atoms with van der Waals surface area (Å²) in [6.45, 7) is 15.9. The van der Waals surface area contributed by atoms with Gasteiger partial charge in [0.1, 0.15) is 0 Å². The highest BCUT2D eigenvalue weighted by Gasteiger charge is 2.49. The third-order valence-electron chi connectivity index (χ3n) is 5.72. The molecule has 0 aliphatic heterocycles. The maximum absolute atomic E-state index is 12.1. The average Bonchev–Trinajstić information content (AvgIpc) is 2.49. The van der Waals surface area contributed by atoms with Crippen molar-refractivity contribution in [2.24, 2.45) is 10.8 Å². The van der Waals surface area contributed by atoms with Crippen molar-refractivity contribution in [3.63, 3.8) is 0 Å². The van der Waals surface area contributed by atoms with Gasteiger partial charge in [0.25, 0.3) is 5.91 Å². The van der Waals surface area contributed by atoms with Crippen LogP contribution in [0.1, 0.15) is 64.5 Å². The van der Waals surface area contributed by atoms with E-state index in [0.29, 0.717) is 5.56 Å². The molecule has 3 nitrogen and oxygen atoms in total. The van der Waals surface area contributed by atoms with Gasteiger partial charge in [-0.15, -0.1) is 0 Å². The number of benzene rings is 1. The summed E-state index contributed by atoms with van der Waals surface area (Å²) in [5, 5.41) is 3.59. The van der Waals surface area contributed by atoms with Gasteiger partial charge < -0.3 is 5.32 Å². The highest BCUT2D eigenvalue weighted by Crippen LogP contribution is 2.52. The number of carbonyl (C=O) groups excluding carboxylic acids is 1. The number of amides is 1. The van der Waals surface area contributed by atoms with Crippen LogP contribution in [-0.2, 0) is 5.41 Å². The zero-order valence-corrected chi connectivity index (χ0v) is 16.2. The number of fused-ring (bicyclic) bond motifs is 1. The van der Waals surface area contributed by atoms with E-state index < -0.39 is 0 Å². The van der Waals surface area contributed by atoms with Crippen LogP contribution < -0.4 is 5.32 Å². The minimum atomic E-state index is -0.114. The van der Waals surface area contributed by atoms with Crippen LogP contribution in [-0.4, -0.2) is 17.9 Å². The van der Waals surface area contributed by atoms with Crippen molar-refractivity contribution in [2.45, 2.75) is 53.9 Å². The number of hydrogen-bond donors (Lipinski definition) is 1. The van der Waals surface area contributed by atoms with Crippen LogP contribution in [0.2, 0.25) is 0 Å². The number of nitrogens with one attached hydrogen (secondary N) is 1. The zero-order valence-electron chi connectivity index (χ0n) is 16.2. The molecule has 1 aromatic heterocycles. The first kappa shape index (κ1) is 18.4. The standard InChI is InChI=1S/C21H30N2O/c1-19(2,3)21(7,20(4,5)6)17-13-12-14-15(18(24)22-8)10-9-11-16(14)23-17/h9-13H,1-8H3,(H,22,24). The number of nitrogens with zero attached hydrogens (tertiary/aromatic N) is 1. The van der Waals surface area contributed by atoms with Gasteiger partial charge in [0.15, 0.2) is 0 Å². The maximum atomic E-state index is 12.1. The van der Waals surface area contributed by atoms with Crippen LogP contribution in [0.3, 0.4) is 0 Å². The number of aromatic nitrogens is 1. The minimum absolute atomic E-state index is 0.0460. The molecule has 0 saturated heterocycles. The quantitative estimate of drug-likeness (QED) is 0.849. The van der Waals surface area contributed by atoms with E-state index in [0.717, 1.165) is 16.6 Å². The number of rotatable bonds is 2. The number of carbonyl (C=O) groups is 1. The Kier molecular flexibility index (Phi) is 4.51. The van der Waals surface area contributed by atoms with Crippen LogP contribution in [0, 0.1) is 10.8 Å². The first-order valence-electron chi connectivity index (χ1n) is 8.56. The van der Waals surface area contributed by atoms with E-state index in [2.05, 4.69) is 59.8 Å². The Hall–Kier alpha value is -1.90. The molecule has 0 atom stereocenters. The molecule has 0 fully saturated rings. The van der Waals surface area contributed by atoms with Gasteiger partial charge in [0.2, 0.25) is 0 Å². The van der Waals surface area contributed by atoms with E-state index in [4.69, 9.17) is 4.98 Å². The van der Waals surface area contributed by atoms with Gasteiger partial charge in [-0.25, -0.2) is 0 Å². The first-order valence-corrected chi connectivity index (χ1v) is 8.56. The van der Waals surface area contributed by atoms with Gasteiger partial charge in [-0.2, -0.15) is 0 Å². The predicted molar refractivity (Wildman–Crippen MR) is 101 cm³/mol. The van der Waals surface area contributed by atoms with Gasteiger partial charge in [-0.1, -0.05) is 60.6 Å². The second-order valence-corrected chi connectivity index (χ2v) is 8.77. The van der Waals surface area contributed by atoms with Crippen molar-refractivity contribution in [3.8, 4) is 0 Å². The molecule has 0 bridgehead atoms. The summed E-state index contributed by atoms with van der Waals surface area (Å²) in [5.74, 6) is -0.0791. The molecule has 1 amide bonds. The summed E-state index contributed by atoms with van der Waals surface area (Å²) in [4.78, 5) is 17.1. The lowest BCUT2D eigenvalue weighted by Gasteiger charge is -2.51. The summed E-state index contributed by atoms with van der Waals surface area (Å²) in [7, 11) is 1.65. The van der Waals surface area contributed by atoms with E-state index in [-0.39, 0.29) is 22.2 Å². The van der Waals surface area contributed by atoms with Crippen molar-refractivity contribution in [2.75, 3.05) is 7.05 Å². The van der Waals surface area contributed by atoms with Gasteiger partial charge in [-0.05, 0) is 29.0 Å². The molecule has 0 radical (unpaired) electrons. The minimum Gasteiger partial charge on any atom is -0.355 e. The normalized spacial score (nSPS) is 13.2. The summed E-state index contributed by atoms with van der Waals surface area (Å²) in [5.41, 5.74) is 2.59. The fourth-order valence-corrected chi connectivity index (χ4v) is 3.66. The number of hydrogen-bond acceptors (Lipinski definition) is 2. The molecule has 2 aromatic rings. The fourth-order valence-electron chi connectivity index (χ4n) is 3.66. The van der Waals surface area contributed by atoms with Crippen LogP contribution in [0.4, 0.5) is 0 Å². The Labute approximate surface area is 145 Å². The van der Waals surface area contributed by atoms with Crippen LogP contribution >= 0.6 is 0 Å². The van der Waals surface area contributed by atoms with E-state index in [1.807, 2.05) is 24.3 Å². The molecule has 3 heteroatoms. The smallest absolute Gasteiger partial charge is 0.251 e. The maximum Gasteiger partial charge on any atom is 0.251 e. The van der Waals surface area contributed by atoms with E-state index >= 15 is 0 Å². The summed E-state index contributed by atoms with van der Waals surface area (Å²) < 4.78 is 0. The van der Waals surface area contributed by atoms with Crippen molar-refractivity contribution in [3.05, 3.63) is 41.6 Å². The van der Waals surface area contributed by atoms with E-state index in [1.165, 1.54) is 0 Å². The highest BCUT2D eigenvalue weighted by molar-refractivity contribution is 6.06. The lowest BCUT2D eigenvalue weighted by Crippen LogP contribution is -2.48. The molecular weight excluding hydrogens is 296 g/mol. The SMILES string of the molecule is CNC(=O)c1cccc2nc(C(C)(C(C)(C)C)C(C)(C)C)ccc12. The Morgan fingerprint density at radius 1 is 0.917 bits per heavy atom. The first-order chi connectivity index (χ1) is 10.9. The topological polar surface area (TPSA) is 42.0 Å². The average molecular weight is 326 g/mol. The van der Waals surface area contributed by atoms with Gasteiger partial charge in [0, 0.05) is 29.1 Å². The molecule has 0 saturated carbocycles. The van der Waals surface area contributed by atoms with Crippen LogP contribution in [0.15, 0.2) is 30.3 Å². The summed E-state index contributed by atoms with van der Waals surface area (Å²) in [6.07, 6.45) is 0. The molecule has 24 heavy (non-hydrogen) atoms. The van der Waals surface area contributed by atoms with Gasteiger partial charge >= 0.3 is 0 Å². The molecule has 1 aromatic carbocycles.